The Morgan fingerprint density at radius 2 is 1.92 bits per heavy atom. The highest BCUT2D eigenvalue weighted by Crippen LogP contribution is 2.18. The van der Waals surface area contributed by atoms with Crippen molar-refractivity contribution >= 4 is 17.5 Å². The summed E-state index contributed by atoms with van der Waals surface area (Å²) in [5.41, 5.74) is 1.19. The Morgan fingerprint density at radius 1 is 1.12 bits per heavy atom. The van der Waals surface area contributed by atoms with Crippen molar-refractivity contribution in [2.75, 3.05) is 18.5 Å². The van der Waals surface area contributed by atoms with Gasteiger partial charge in [0.05, 0.1) is 6.61 Å². The third-order valence-electron chi connectivity index (χ3n) is 3.38. The van der Waals surface area contributed by atoms with Crippen molar-refractivity contribution in [1.82, 2.24) is 15.3 Å². The Balaban J connectivity index is 1.95. The summed E-state index contributed by atoms with van der Waals surface area (Å²) < 4.78 is 5.40. The number of unbranched alkanes of at least 4 members (excludes halogenated alkanes) is 2. The molecular formula is C18H24N4O2. The molecule has 0 radical (unpaired) electrons. The molecule has 0 unspecified atom stereocenters. The number of nitrogens with one attached hydrogen (secondary N) is 2. The monoisotopic (exact) mass is 328 g/mol. The van der Waals surface area contributed by atoms with Gasteiger partial charge in [0.25, 0.3) is 5.91 Å². The van der Waals surface area contributed by atoms with E-state index in [1.165, 1.54) is 0 Å². The smallest absolute Gasteiger partial charge is 0.270 e. The molecule has 0 saturated carbocycles. The summed E-state index contributed by atoms with van der Waals surface area (Å²) in [6.45, 7) is 5.37. The van der Waals surface area contributed by atoms with Crippen LogP contribution in [0.5, 0.6) is 5.75 Å². The molecule has 24 heavy (non-hydrogen) atoms. The highest BCUT2D eigenvalue weighted by Gasteiger charge is 2.08. The summed E-state index contributed by atoms with van der Waals surface area (Å²) in [6, 6.07) is 9.11. The lowest BCUT2D eigenvalue weighted by molar-refractivity contribution is 0.0948. The van der Waals surface area contributed by atoms with Crippen LogP contribution in [0.15, 0.2) is 36.5 Å². The van der Waals surface area contributed by atoms with Gasteiger partial charge < -0.3 is 15.4 Å². The first-order valence-corrected chi connectivity index (χ1v) is 8.34. The van der Waals surface area contributed by atoms with Crippen molar-refractivity contribution < 1.29 is 9.53 Å². The number of anilines is 2. The van der Waals surface area contributed by atoms with Gasteiger partial charge >= 0.3 is 0 Å². The first-order valence-electron chi connectivity index (χ1n) is 8.34. The Labute approximate surface area is 142 Å². The van der Waals surface area contributed by atoms with Crippen molar-refractivity contribution in [2.45, 2.75) is 33.1 Å². The number of rotatable bonds is 9. The van der Waals surface area contributed by atoms with E-state index in [4.69, 9.17) is 4.74 Å². The predicted octanol–water partition coefficient (Wildman–Crippen LogP) is 3.54. The minimum atomic E-state index is -0.178. The van der Waals surface area contributed by atoms with Crippen LogP contribution in [0.1, 0.15) is 43.6 Å². The number of nitrogens with zero attached hydrogens (tertiary/aromatic N) is 2. The minimum Gasteiger partial charge on any atom is -0.494 e. The number of hydrogen-bond donors (Lipinski definition) is 2. The Hall–Kier alpha value is -2.63. The van der Waals surface area contributed by atoms with Gasteiger partial charge in [-0.2, -0.15) is 0 Å². The number of carbonyl (C=O) groups is 1. The van der Waals surface area contributed by atoms with Gasteiger partial charge in [-0.15, -0.1) is 0 Å². The van der Waals surface area contributed by atoms with E-state index in [-0.39, 0.29) is 5.91 Å². The highest BCUT2D eigenvalue weighted by molar-refractivity contribution is 5.92. The minimum absolute atomic E-state index is 0.178. The van der Waals surface area contributed by atoms with Gasteiger partial charge in [-0.05, 0) is 43.7 Å². The van der Waals surface area contributed by atoms with Gasteiger partial charge in [0.15, 0.2) is 0 Å². The fraction of sp³-hybridized carbons (Fsp3) is 0.389. The maximum Gasteiger partial charge on any atom is 0.270 e. The van der Waals surface area contributed by atoms with Gasteiger partial charge in [0.2, 0.25) is 5.95 Å². The summed E-state index contributed by atoms with van der Waals surface area (Å²) in [7, 11) is 0. The second-order valence-electron chi connectivity index (χ2n) is 5.31. The second kappa shape index (κ2) is 9.50. The molecular weight excluding hydrogens is 304 g/mol. The fourth-order valence-corrected chi connectivity index (χ4v) is 2.14. The second-order valence-corrected chi connectivity index (χ2v) is 5.31. The largest absolute Gasteiger partial charge is 0.494 e. The summed E-state index contributed by atoms with van der Waals surface area (Å²) in [5, 5.41) is 5.96. The zero-order valence-corrected chi connectivity index (χ0v) is 14.2. The molecule has 0 atom stereocenters. The van der Waals surface area contributed by atoms with Crippen LogP contribution >= 0.6 is 0 Å². The van der Waals surface area contributed by atoms with Crippen molar-refractivity contribution in [3.63, 3.8) is 0 Å². The zero-order chi connectivity index (χ0) is 17.2. The molecule has 0 fully saturated rings. The van der Waals surface area contributed by atoms with Crippen molar-refractivity contribution in [2.24, 2.45) is 0 Å². The fourth-order valence-electron chi connectivity index (χ4n) is 2.14. The summed E-state index contributed by atoms with van der Waals surface area (Å²) in [5.74, 6) is 1.02. The molecule has 0 aliphatic carbocycles. The molecule has 6 nitrogen and oxygen atoms in total. The van der Waals surface area contributed by atoms with Gasteiger partial charge in [-0.25, -0.2) is 9.97 Å². The number of ether oxygens (including phenoxy) is 1. The molecule has 1 aromatic carbocycles. The SMILES string of the molecule is CCCCCNC(=O)c1ccnc(Nc2ccc(OCC)cc2)n1. The van der Waals surface area contributed by atoms with E-state index in [0.29, 0.717) is 24.8 Å². The molecule has 1 aromatic heterocycles. The average molecular weight is 328 g/mol. The van der Waals surface area contributed by atoms with Crippen LogP contribution in [0, 0.1) is 0 Å². The maximum atomic E-state index is 12.1. The predicted molar refractivity (Wildman–Crippen MR) is 94.8 cm³/mol. The van der Waals surface area contributed by atoms with Crippen LogP contribution in [0.3, 0.4) is 0 Å². The van der Waals surface area contributed by atoms with Crippen LogP contribution in [0.2, 0.25) is 0 Å². The quantitative estimate of drug-likeness (QED) is 0.689. The lowest BCUT2D eigenvalue weighted by atomic mass is 10.2. The van der Waals surface area contributed by atoms with E-state index in [1.807, 2.05) is 31.2 Å². The lowest BCUT2D eigenvalue weighted by Gasteiger charge is -2.08. The number of aromatic nitrogens is 2. The molecule has 1 heterocycles. The van der Waals surface area contributed by atoms with Crippen LogP contribution < -0.4 is 15.4 Å². The van der Waals surface area contributed by atoms with Gasteiger partial charge in [-0.1, -0.05) is 19.8 Å². The molecule has 2 aromatic rings. The lowest BCUT2D eigenvalue weighted by Crippen LogP contribution is -2.25. The van der Waals surface area contributed by atoms with Gasteiger partial charge in [-0.3, -0.25) is 4.79 Å². The third kappa shape index (κ3) is 5.53. The third-order valence-corrected chi connectivity index (χ3v) is 3.38. The Morgan fingerprint density at radius 3 is 2.62 bits per heavy atom. The number of benzene rings is 1. The van der Waals surface area contributed by atoms with Crippen LogP contribution in [-0.2, 0) is 0 Å². The molecule has 0 aliphatic rings. The van der Waals surface area contributed by atoms with Gasteiger partial charge in [0, 0.05) is 18.4 Å². The molecule has 128 valence electrons. The molecule has 0 bridgehead atoms. The summed E-state index contributed by atoms with van der Waals surface area (Å²) >= 11 is 0. The summed E-state index contributed by atoms with van der Waals surface area (Å²) in [6.07, 6.45) is 4.78. The molecule has 0 spiro atoms. The molecule has 0 saturated heterocycles. The molecule has 2 N–H and O–H groups in total. The number of carbonyl (C=O) groups excluding carboxylic acids is 1. The van der Waals surface area contributed by atoms with Crippen molar-refractivity contribution in [3.8, 4) is 5.75 Å². The highest BCUT2D eigenvalue weighted by atomic mass is 16.5. The van der Waals surface area contributed by atoms with E-state index in [9.17, 15) is 4.79 Å². The van der Waals surface area contributed by atoms with Crippen molar-refractivity contribution in [1.29, 1.82) is 0 Å². The number of amides is 1. The number of hydrogen-bond acceptors (Lipinski definition) is 5. The normalized spacial score (nSPS) is 10.2. The first-order chi connectivity index (χ1) is 11.7. The Kier molecular flexibility index (Phi) is 7.01. The average Bonchev–Trinajstić information content (AvgIpc) is 2.61. The van der Waals surface area contributed by atoms with Crippen molar-refractivity contribution in [3.05, 3.63) is 42.2 Å². The van der Waals surface area contributed by atoms with E-state index in [1.54, 1.807) is 12.3 Å². The van der Waals surface area contributed by atoms with Crippen LogP contribution in [0.4, 0.5) is 11.6 Å². The topological polar surface area (TPSA) is 76.1 Å². The summed E-state index contributed by atoms with van der Waals surface area (Å²) in [4.78, 5) is 20.5. The van der Waals surface area contributed by atoms with Crippen LogP contribution in [-0.4, -0.2) is 29.0 Å². The van der Waals surface area contributed by atoms with Gasteiger partial charge in [0.1, 0.15) is 11.4 Å². The molecule has 1 amide bonds. The first kappa shape index (κ1) is 17.7. The van der Waals surface area contributed by atoms with E-state index in [2.05, 4.69) is 27.5 Å². The van der Waals surface area contributed by atoms with E-state index < -0.39 is 0 Å². The zero-order valence-electron chi connectivity index (χ0n) is 14.2. The Bertz CT molecular complexity index is 644. The molecule has 0 aliphatic heterocycles. The van der Waals surface area contributed by atoms with E-state index >= 15 is 0 Å². The maximum absolute atomic E-state index is 12.1. The van der Waals surface area contributed by atoms with Crippen LogP contribution in [0.25, 0.3) is 0 Å². The molecule has 2 rings (SSSR count). The standard InChI is InChI=1S/C18H24N4O2/c1-3-5-6-12-19-17(23)16-11-13-20-18(22-16)21-14-7-9-15(10-8-14)24-4-2/h7-11,13H,3-6,12H2,1-2H3,(H,19,23)(H,20,21,22). The molecule has 6 heteroatoms. The van der Waals surface area contributed by atoms with E-state index in [0.717, 1.165) is 30.7 Å².